The fraction of sp³-hybridized carbons (Fsp3) is 0.391. The Balaban J connectivity index is 1.55. The Bertz CT molecular complexity index is 911. The summed E-state index contributed by atoms with van der Waals surface area (Å²) in [6, 6.07) is 12.1. The molecule has 0 saturated heterocycles. The summed E-state index contributed by atoms with van der Waals surface area (Å²) < 4.78 is 5.43. The van der Waals surface area contributed by atoms with E-state index in [1.165, 1.54) is 5.56 Å². The van der Waals surface area contributed by atoms with Crippen LogP contribution in [0.25, 0.3) is 0 Å². The zero-order valence-electron chi connectivity index (χ0n) is 17.7. The van der Waals surface area contributed by atoms with Crippen LogP contribution < -0.4 is 5.32 Å². The Kier molecular flexibility index (Phi) is 6.88. The van der Waals surface area contributed by atoms with Crippen molar-refractivity contribution < 1.29 is 9.21 Å². The van der Waals surface area contributed by atoms with Gasteiger partial charge in [0.1, 0.15) is 5.76 Å². The third-order valence-electron chi connectivity index (χ3n) is 5.21. The average Bonchev–Trinajstić information content (AvgIpc) is 3.30. The number of carbonyl (C=O) groups is 1. The van der Waals surface area contributed by atoms with Crippen molar-refractivity contribution in [2.75, 3.05) is 7.05 Å². The molecule has 6 nitrogen and oxygen atoms in total. The number of nitrogens with one attached hydrogen (secondary N) is 2. The van der Waals surface area contributed by atoms with E-state index in [0.29, 0.717) is 13.0 Å². The van der Waals surface area contributed by atoms with Gasteiger partial charge in [-0.25, -0.2) is 0 Å². The van der Waals surface area contributed by atoms with Crippen LogP contribution in [0.3, 0.4) is 0 Å². The Morgan fingerprint density at radius 3 is 2.59 bits per heavy atom. The van der Waals surface area contributed by atoms with Crippen LogP contribution >= 0.6 is 0 Å². The van der Waals surface area contributed by atoms with Crippen molar-refractivity contribution in [2.45, 2.75) is 52.7 Å². The zero-order chi connectivity index (χ0) is 20.8. The predicted molar refractivity (Wildman–Crippen MR) is 113 cm³/mol. The molecule has 0 spiro atoms. The number of hydrogen-bond acceptors (Lipinski definition) is 4. The molecular formula is C23H30N4O2. The standard InChI is InChI=1S/C23H30N4O2/c1-16(23-17(2)25-26-18(23)3)12-22(28)24-13-19-8-5-6-9-20(19)14-27(4)15-21-10-7-11-29-21/h5-11,16H,12-15H2,1-4H3,(H,24,28)(H,25,26)/t16-/m0/s1. The van der Waals surface area contributed by atoms with Crippen molar-refractivity contribution in [3.05, 3.63) is 76.5 Å². The molecule has 0 aliphatic carbocycles. The molecule has 3 rings (SSSR count). The molecule has 0 aliphatic heterocycles. The molecule has 0 bridgehead atoms. The van der Waals surface area contributed by atoms with Gasteiger partial charge in [-0.3, -0.25) is 14.8 Å². The summed E-state index contributed by atoms with van der Waals surface area (Å²) in [5.41, 5.74) is 5.48. The van der Waals surface area contributed by atoms with Crippen LogP contribution in [0.5, 0.6) is 0 Å². The first-order valence-electron chi connectivity index (χ1n) is 10.00. The lowest BCUT2D eigenvalue weighted by molar-refractivity contribution is -0.121. The summed E-state index contributed by atoms with van der Waals surface area (Å²) >= 11 is 0. The molecular weight excluding hydrogens is 364 g/mol. The minimum Gasteiger partial charge on any atom is -0.468 e. The Hall–Kier alpha value is -2.86. The Labute approximate surface area is 172 Å². The molecule has 0 saturated carbocycles. The number of aromatic nitrogens is 2. The number of aromatic amines is 1. The number of H-pyrrole nitrogens is 1. The number of carbonyl (C=O) groups excluding carboxylic acids is 1. The van der Waals surface area contributed by atoms with E-state index in [0.717, 1.165) is 41.4 Å². The maximum atomic E-state index is 12.5. The molecule has 6 heteroatoms. The fourth-order valence-corrected chi connectivity index (χ4v) is 3.83. The molecule has 0 aliphatic rings. The molecule has 0 unspecified atom stereocenters. The van der Waals surface area contributed by atoms with Crippen LogP contribution in [-0.2, 0) is 24.4 Å². The third kappa shape index (κ3) is 5.57. The van der Waals surface area contributed by atoms with E-state index >= 15 is 0 Å². The summed E-state index contributed by atoms with van der Waals surface area (Å²) in [6.07, 6.45) is 2.14. The van der Waals surface area contributed by atoms with E-state index in [-0.39, 0.29) is 11.8 Å². The van der Waals surface area contributed by atoms with Crippen molar-refractivity contribution in [2.24, 2.45) is 0 Å². The highest BCUT2D eigenvalue weighted by molar-refractivity contribution is 5.77. The van der Waals surface area contributed by atoms with Gasteiger partial charge in [0.15, 0.2) is 0 Å². The number of nitrogens with zero attached hydrogens (tertiary/aromatic N) is 2. The number of rotatable bonds is 9. The second kappa shape index (κ2) is 9.56. The van der Waals surface area contributed by atoms with Crippen molar-refractivity contribution in [3.8, 4) is 0 Å². The molecule has 1 aromatic carbocycles. The molecule has 2 N–H and O–H groups in total. The summed E-state index contributed by atoms with van der Waals surface area (Å²) in [5, 5.41) is 10.3. The summed E-state index contributed by atoms with van der Waals surface area (Å²) in [6.45, 7) is 8.11. The number of aryl methyl sites for hydroxylation is 2. The van der Waals surface area contributed by atoms with E-state index in [9.17, 15) is 4.79 Å². The van der Waals surface area contributed by atoms with Crippen molar-refractivity contribution in [3.63, 3.8) is 0 Å². The first-order valence-corrected chi connectivity index (χ1v) is 10.00. The summed E-state index contributed by atoms with van der Waals surface area (Å²) in [5.74, 6) is 1.12. The van der Waals surface area contributed by atoms with Gasteiger partial charge in [-0.2, -0.15) is 5.10 Å². The monoisotopic (exact) mass is 394 g/mol. The molecule has 0 fully saturated rings. The number of furan rings is 1. The average molecular weight is 395 g/mol. The summed E-state index contributed by atoms with van der Waals surface area (Å²) in [4.78, 5) is 14.7. The second-order valence-corrected chi connectivity index (χ2v) is 7.75. The van der Waals surface area contributed by atoms with Crippen LogP contribution in [0.1, 0.15) is 53.1 Å². The largest absolute Gasteiger partial charge is 0.468 e. The quantitative estimate of drug-likeness (QED) is 0.574. The van der Waals surface area contributed by atoms with Crippen LogP contribution in [0, 0.1) is 13.8 Å². The van der Waals surface area contributed by atoms with Gasteiger partial charge in [0.05, 0.1) is 18.5 Å². The lowest BCUT2D eigenvalue weighted by Gasteiger charge is -2.18. The maximum absolute atomic E-state index is 12.5. The molecule has 3 aromatic rings. The topological polar surface area (TPSA) is 74.2 Å². The first-order chi connectivity index (χ1) is 13.9. The minimum atomic E-state index is 0.0521. The van der Waals surface area contributed by atoms with Gasteiger partial charge in [-0.1, -0.05) is 31.2 Å². The van der Waals surface area contributed by atoms with Crippen molar-refractivity contribution >= 4 is 5.91 Å². The van der Waals surface area contributed by atoms with E-state index in [1.807, 2.05) is 38.1 Å². The molecule has 2 aromatic heterocycles. The molecule has 1 amide bonds. The molecule has 2 heterocycles. The highest BCUT2D eigenvalue weighted by Crippen LogP contribution is 2.24. The Morgan fingerprint density at radius 1 is 1.17 bits per heavy atom. The van der Waals surface area contributed by atoms with E-state index in [1.54, 1.807) is 6.26 Å². The van der Waals surface area contributed by atoms with Gasteiger partial charge in [0, 0.05) is 25.2 Å². The SMILES string of the molecule is Cc1n[nH]c(C)c1[C@@H](C)CC(=O)NCc1ccccc1CN(C)Cc1ccco1. The zero-order valence-corrected chi connectivity index (χ0v) is 17.7. The van der Waals surface area contributed by atoms with Crippen molar-refractivity contribution in [1.29, 1.82) is 0 Å². The second-order valence-electron chi connectivity index (χ2n) is 7.75. The van der Waals surface area contributed by atoms with E-state index in [2.05, 4.69) is 46.5 Å². The van der Waals surface area contributed by atoms with Crippen LogP contribution in [0.2, 0.25) is 0 Å². The highest BCUT2D eigenvalue weighted by atomic mass is 16.3. The smallest absolute Gasteiger partial charge is 0.220 e. The minimum absolute atomic E-state index is 0.0521. The molecule has 29 heavy (non-hydrogen) atoms. The Morgan fingerprint density at radius 2 is 1.93 bits per heavy atom. The number of amides is 1. The van der Waals surface area contributed by atoms with Gasteiger partial charge in [-0.05, 0) is 55.6 Å². The van der Waals surface area contributed by atoms with E-state index < -0.39 is 0 Å². The van der Waals surface area contributed by atoms with E-state index in [4.69, 9.17) is 4.42 Å². The van der Waals surface area contributed by atoms with Crippen LogP contribution in [-0.4, -0.2) is 28.1 Å². The van der Waals surface area contributed by atoms with Gasteiger partial charge < -0.3 is 9.73 Å². The van der Waals surface area contributed by atoms with Gasteiger partial charge in [0.2, 0.25) is 5.91 Å². The van der Waals surface area contributed by atoms with Crippen molar-refractivity contribution in [1.82, 2.24) is 20.4 Å². The van der Waals surface area contributed by atoms with Gasteiger partial charge in [-0.15, -0.1) is 0 Å². The molecule has 154 valence electrons. The molecule has 1 atom stereocenters. The lowest BCUT2D eigenvalue weighted by Crippen LogP contribution is -2.25. The fourth-order valence-electron chi connectivity index (χ4n) is 3.83. The first kappa shape index (κ1) is 20.9. The van der Waals surface area contributed by atoms with Gasteiger partial charge >= 0.3 is 0 Å². The highest BCUT2D eigenvalue weighted by Gasteiger charge is 2.17. The maximum Gasteiger partial charge on any atom is 0.220 e. The van der Waals surface area contributed by atoms with Crippen LogP contribution in [0.15, 0.2) is 47.1 Å². The summed E-state index contributed by atoms with van der Waals surface area (Å²) in [7, 11) is 2.06. The normalized spacial score (nSPS) is 12.3. The molecule has 0 radical (unpaired) electrons. The van der Waals surface area contributed by atoms with Crippen LogP contribution in [0.4, 0.5) is 0 Å². The van der Waals surface area contributed by atoms with Gasteiger partial charge in [0.25, 0.3) is 0 Å². The predicted octanol–water partition coefficient (Wildman–Crippen LogP) is 4.06. The third-order valence-corrected chi connectivity index (χ3v) is 5.21. The lowest BCUT2D eigenvalue weighted by atomic mass is 9.95. The number of benzene rings is 1. The number of hydrogen-bond donors (Lipinski definition) is 2.